The number of carbonyl (C=O) groups is 1. The molecule has 4 unspecified atom stereocenters. The van der Waals surface area contributed by atoms with Crippen LogP contribution in [0.3, 0.4) is 0 Å². The van der Waals surface area contributed by atoms with E-state index in [0.717, 1.165) is 6.42 Å². The number of fused-ring (bicyclic) bond motifs is 1. The van der Waals surface area contributed by atoms with Gasteiger partial charge in [-0.2, -0.15) is 0 Å². The Morgan fingerprint density at radius 1 is 1.33 bits per heavy atom. The zero-order valence-corrected chi connectivity index (χ0v) is 11.8. The Morgan fingerprint density at radius 3 is 2.78 bits per heavy atom. The molecule has 1 saturated carbocycles. The van der Waals surface area contributed by atoms with Gasteiger partial charge in [-0.1, -0.05) is 12.8 Å². The summed E-state index contributed by atoms with van der Waals surface area (Å²) >= 11 is 0. The van der Waals surface area contributed by atoms with Gasteiger partial charge in [-0.25, -0.2) is 0 Å². The number of aliphatic hydroxyl groups excluding tert-OH is 1. The molecule has 104 valence electrons. The van der Waals surface area contributed by atoms with Crippen molar-refractivity contribution in [3.8, 4) is 0 Å². The Hall–Kier alpha value is -0.410. The van der Waals surface area contributed by atoms with Crippen molar-refractivity contribution in [2.24, 2.45) is 11.8 Å². The van der Waals surface area contributed by atoms with Crippen LogP contribution < -0.4 is 0 Å². The first kappa shape index (κ1) is 14.0. The standard InChI is InChI=1S/C15H27NO2/c1-11-9-12(10-13(18)7-8-17)14-5-3-4-6-15(14)16(11)2/h11-12,14-15,17H,3-10H2,1-2H3. The molecule has 2 aliphatic rings. The molecule has 1 saturated heterocycles. The van der Waals surface area contributed by atoms with E-state index in [2.05, 4.69) is 18.9 Å². The smallest absolute Gasteiger partial charge is 0.135 e. The van der Waals surface area contributed by atoms with Gasteiger partial charge in [0.2, 0.25) is 0 Å². The van der Waals surface area contributed by atoms with Crippen molar-refractivity contribution < 1.29 is 9.90 Å². The minimum absolute atomic E-state index is 0.00903. The average Bonchev–Trinajstić information content (AvgIpc) is 2.36. The number of carbonyl (C=O) groups excluding carboxylic acids is 1. The molecule has 2 rings (SSSR count). The second kappa shape index (κ2) is 6.16. The highest BCUT2D eigenvalue weighted by Crippen LogP contribution is 2.42. The molecule has 2 fully saturated rings. The zero-order chi connectivity index (χ0) is 13.1. The molecule has 1 aliphatic heterocycles. The van der Waals surface area contributed by atoms with Gasteiger partial charge in [-0.3, -0.25) is 4.79 Å². The zero-order valence-electron chi connectivity index (χ0n) is 11.8. The second-order valence-electron chi connectivity index (χ2n) is 6.24. The van der Waals surface area contributed by atoms with Crippen molar-refractivity contribution in [1.82, 2.24) is 4.90 Å². The lowest BCUT2D eigenvalue weighted by atomic mass is 9.68. The number of likely N-dealkylation sites (tertiary alicyclic amines) is 1. The van der Waals surface area contributed by atoms with E-state index < -0.39 is 0 Å². The highest BCUT2D eigenvalue weighted by molar-refractivity contribution is 5.78. The summed E-state index contributed by atoms with van der Waals surface area (Å²) in [5, 5.41) is 8.86. The molecule has 1 N–H and O–H groups in total. The van der Waals surface area contributed by atoms with Crippen molar-refractivity contribution in [2.45, 2.75) is 64.0 Å². The van der Waals surface area contributed by atoms with Gasteiger partial charge in [0.15, 0.2) is 0 Å². The van der Waals surface area contributed by atoms with E-state index in [4.69, 9.17) is 5.11 Å². The molecule has 4 atom stereocenters. The van der Waals surface area contributed by atoms with Crippen LogP contribution in [-0.2, 0) is 4.79 Å². The van der Waals surface area contributed by atoms with Crippen molar-refractivity contribution >= 4 is 5.78 Å². The average molecular weight is 253 g/mol. The monoisotopic (exact) mass is 253 g/mol. The molecule has 0 radical (unpaired) electrons. The normalized spacial score (nSPS) is 37.3. The quantitative estimate of drug-likeness (QED) is 0.835. The maximum Gasteiger partial charge on any atom is 0.135 e. The summed E-state index contributed by atoms with van der Waals surface area (Å²) in [6.07, 6.45) is 7.45. The van der Waals surface area contributed by atoms with Gasteiger partial charge in [-0.05, 0) is 45.1 Å². The molecule has 0 amide bonds. The fraction of sp³-hybridized carbons (Fsp3) is 0.933. The number of hydrogen-bond donors (Lipinski definition) is 1. The van der Waals surface area contributed by atoms with Crippen molar-refractivity contribution in [3.63, 3.8) is 0 Å². The van der Waals surface area contributed by atoms with Crippen LogP contribution >= 0.6 is 0 Å². The SMILES string of the molecule is CC1CC(CC(=O)CCO)C2CCCCC2N1C. The third-order valence-corrected chi connectivity index (χ3v) is 5.13. The number of aliphatic hydroxyl groups is 1. The Labute approximate surface area is 111 Å². The lowest BCUT2D eigenvalue weighted by Crippen LogP contribution is -2.52. The van der Waals surface area contributed by atoms with Crippen LogP contribution in [0.4, 0.5) is 0 Å². The van der Waals surface area contributed by atoms with Gasteiger partial charge in [0, 0.05) is 31.5 Å². The third-order valence-electron chi connectivity index (χ3n) is 5.13. The molecule has 0 aromatic rings. The van der Waals surface area contributed by atoms with E-state index in [1.165, 1.54) is 25.7 Å². The van der Waals surface area contributed by atoms with Gasteiger partial charge in [0.05, 0.1) is 0 Å². The molecular formula is C15H27NO2. The Balaban J connectivity index is 2.02. The summed E-state index contributed by atoms with van der Waals surface area (Å²) < 4.78 is 0. The maximum atomic E-state index is 11.8. The van der Waals surface area contributed by atoms with Crippen molar-refractivity contribution in [2.75, 3.05) is 13.7 Å². The fourth-order valence-electron chi connectivity index (χ4n) is 4.06. The van der Waals surface area contributed by atoms with Crippen LogP contribution in [0.5, 0.6) is 0 Å². The maximum absolute atomic E-state index is 11.8. The summed E-state index contributed by atoms with van der Waals surface area (Å²) in [4.78, 5) is 14.3. The third kappa shape index (κ3) is 2.94. The highest BCUT2D eigenvalue weighted by Gasteiger charge is 2.41. The Morgan fingerprint density at radius 2 is 2.06 bits per heavy atom. The predicted molar refractivity (Wildman–Crippen MR) is 72.4 cm³/mol. The summed E-state index contributed by atoms with van der Waals surface area (Å²) in [7, 11) is 2.25. The largest absolute Gasteiger partial charge is 0.396 e. The number of nitrogens with zero attached hydrogens (tertiary/aromatic N) is 1. The molecule has 0 aromatic carbocycles. The summed E-state index contributed by atoms with van der Waals surface area (Å²) in [6.45, 7) is 2.30. The second-order valence-corrected chi connectivity index (χ2v) is 6.24. The van der Waals surface area contributed by atoms with E-state index >= 15 is 0 Å². The molecule has 3 heteroatoms. The van der Waals surface area contributed by atoms with E-state index in [-0.39, 0.29) is 12.4 Å². The first-order valence-electron chi connectivity index (χ1n) is 7.48. The van der Waals surface area contributed by atoms with Gasteiger partial charge in [-0.15, -0.1) is 0 Å². The van der Waals surface area contributed by atoms with Crippen LogP contribution in [0.25, 0.3) is 0 Å². The van der Waals surface area contributed by atoms with E-state index in [1.54, 1.807) is 0 Å². The molecule has 1 heterocycles. The fourth-order valence-corrected chi connectivity index (χ4v) is 4.06. The molecule has 3 nitrogen and oxygen atoms in total. The van der Waals surface area contributed by atoms with E-state index in [1.807, 2.05) is 0 Å². The Kier molecular flexibility index (Phi) is 4.79. The topological polar surface area (TPSA) is 40.5 Å². The van der Waals surface area contributed by atoms with Gasteiger partial charge in [0.25, 0.3) is 0 Å². The minimum Gasteiger partial charge on any atom is -0.396 e. The first-order valence-corrected chi connectivity index (χ1v) is 7.48. The minimum atomic E-state index is 0.00903. The number of piperidine rings is 1. The van der Waals surface area contributed by atoms with E-state index in [0.29, 0.717) is 36.8 Å². The molecule has 1 aliphatic carbocycles. The van der Waals surface area contributed by atoms with Gasteiger partial charge >= 0.3 is 0 Å². The summed E-state index contributed by atoms with van der Waals surface area (Å²) in [6, 6.07) is 1.28. The van der Waals surface area contributed by atoms with Crippen LogP contribution in [-0.4, -0.2) is 41.5 Å². The molecular weight excluding hydrogens is 226 g/mol. The number of ketones is 1. The van der Waals surface area contributed by atoms with Crippen LogP contribution in [0, 0.1) is 11.8 Å². The summed E-state index contributed by atoms with van der Waals surface area (Å²) in [5.74, 6) is 1.52. The predicted octanol–water partition coefficient (Wildman–Crippen LogP) is 2.23. The van der Waals surface area contributed by atoms with Crippen molar-refractivity contribution in [3.05, 3.63) is 0 Å². The number of rotatable bonds is 4. The Bertz CT molecular complexity index is 292. The molecule has 0 spiro atoms. The molecule has 18 heavy (non-hydrogen) atoms. The highest BCUT2D eigenvalue weighted by atomic mass is 16.3. The molecule has 0 bridgehead atoms. The summed E-state index contributed by atoms with van der Waals surface area (Å²) in [5.41, 5.74) is 0. The van der Waals surface area contributed by atoms with Crippen LogP contribution in [0.2, 0.25) is 0 Å². The van der Waals surface area contributed by atoms with Crippen LogP contribution in [0.1, 0.15) is 51.9 Å². The number of hydrogen-bond acceptors (Lipinski definition) is 3. The van der Waals surface area contributed by atoms with Crippen molar-refractivity contribution in [1.29, 1.82) is 0 Å². The van der Waals surface area contributed by atoms with Crippen LogP contribution in [0.15, 0.2) is 0 Å². The lowest BCUT2D eigenvalue weighted by Gasteiger charge is -2.50. The van der Waals surface area contributed by atoms with Gasteiger partial charge < -0.3 is 10.0 Å². The van der Waals surface area contributed by atoms with Gasteiger partial charge in [0.1, 0.15) is 5.78 Å². The lowest BCUT2D eigenvalue weighted by molar-refractivity contribution is -0.122. The van der Waals surface area contributed by atoms with E-state index in [9.17, 15) is 4.79 Å². The first-order chi connectivity index (χ1) is 8.63. The number of Topliss-reactive ketones (excluding diaryl/α,β-unsaturated/α-hetero) is 1. The molecule has 0 aromatic heterocycles.